The van der Waals surface area contributed by atoms with Gasteiger partial charge < -0.3 is 4.57 Å². The fourth-order valence-corrected chi connectivity index (χ4v) is 3.26. The van der Waals surface area contributed by atoms with E-state index in [2.05, 4.69) is 69.6 Å². The Morgan fingerprint density at radius 3 is 2.57 bits per heavy atom. The normalized spacial score (nSPS) is 11.7. The first-order valence-electron chi connectivity index (χ1n) is 7.27. The molecule has 0 unspecified atom stereocenters. The Kier molecular flexibility index (Phi) is 5.03. The van der Waals surface area contributed by atoms with E-state index in [4.69, 9.17) is 0 Å². The van der Waals surface area contributed by atoms with Crippen LogP contribution in [0.25, 0.3) is 11.6 Å². The summed E-state index contributed by atoms with van der Waals surface area (Å²) in [6, 6.07) is 16.9. The van der Waals surface area contributed by atoms with Crippen LogP contribution in [0.1, 0.15) is 17.0 Å². The van der Waals surface area contributed by atoms with E-state index in [1.54, 1.807) is 11.8 Å². The van der Waals surface area contributed by atoms with Crippen molar-refractivity contribution in [2.45, 2.75) is 4.90 Å². The topological polar surface area (TPSA) is 17.8 Å². The Balaban J connectivity index is 2.12. The summed E-state index contributed by atoms with van der Waals surface area (Å²) in [6.07, 6.45) is 8.08. The van der Waals surface area contributed by atoms with Crippen LogP contribution in [-0.4, -0.2) is 15.8 Å². The first-order valence-corrected chi connectivity index (χ1v) is 9.28. The Morgan fingerprint density at radius 2 is 1.96 bits per heavy atom. The molecule has 2 aromatic carbocycles. The molecule has 1 heterocycles. The predicted octanol–water partition coefficient (Wildman–Crippen LogP) is 5.49. The highest BCUT2D eigenvalue weighted by molar-refractivity contribution is 9.10. The number of rotatable bonds is 4. The van der Waals surface area contributed by atoms with Gasteiger partial charge in [-0.15, -0.1) is 11.8 Å². The van der Waals surface area contributed by atoms with E-state index < -0.39 is 0 Å². The molecule has 0 aliphatic rings. The van der Waals surface area contributed by atoms with E-state index in [0.29, 0.717) is 0 Å². The Hall–Kier alpha value is -1.78. The summed E-state index contributed by atoms with van der Waals surface area (Å²) in [5.41, 5.74) is 3.42. The van der Waals surface area contributed by atoms with Crippen molar-refractivity contribution < 1.29 is 0 Å². The lowest BCUT2D eigenvalue weighted by molar-refractivity contribution is 0.891. The lowest BCUT2D eigenvalue weighted by Gasteiger charge is -2.10. The van der Waals surface area contributed by atoms with Crippen LogP contribution in [-0.2, 0) is 7.05 Å². The van der Waals surface area contributed by atoms with Gasteiger partial charge in [0, 0.05) is 34.4 Å². The Morgan fingerprint density at radius 1 is 1.17 bits per heavy atom. The molecule has 0 bridgehead atoms. The summed E-state index contributed by atoms with van der Waals surface area (Å²) in [4.78, 5) is 5.79. The van der Waals surface area contributed by atoms with Gasteiger partial charge in [-0.2, -0.15) is 0 Å². The molecule has 3 aromatic rings. The van der Waals surface area contributed by atoms with Gasteiger partial charge in [-0.25, -0.2) is 4.98 Å². The zero-order chi connectivity index (χ0) is 16.2. The van der Waals surface area contributed by atoms with E-state index >= 15 is 0 Å². The van der Waals surface area contributed by atoms with Gasteiger partial charge in [-0.1, -0.05) is 40.2 Å². The molecule has 4 heteroatoms. The maximum Gasteiger partial charge on any atom is 0.140 e. The second-order valence-corrected chi connectivity index (χ2v) is 7.00. The van der Waals surface area contributed by atoms with Crippen LogP contribution >= 0.6 is 27.7 Å². The molecule has 0 radical (unpaired) electrons. The third-order valence-electron chi connectivity index (χ3n) is 3.62. The van der Waals surface area contributed by atoms with Crippen LogP contribution in [0.15, 0.2) is 70.3 Å². The van der Waals surface area contributed by atoms with Crippen LogP contribution < -0.4 is 0 Å². The number of aryl methyl sites for hydroxylation is 1. The van der Waals surface area contributed by atoms with Gasteiger partial charge >= 0.3 is 0 Å². The van der Waals surface area contributed by atoms with Crippen molar-refractivity contribution in [2.24, 2.45) is 7.05 Å². The number of benzene rings is 2. The second-order valence-electron chi connectivity index (χ2n) is 5.20. The minimum Gasteiger partial charge on any atom is -0.334 e. The quantitative estimate of drug-likeness (QED) is 0.436. The maximum atomic E-state index is 4.53. The zero-order valence-corrected chi connectivity index (χ0v) is 15.4. The second kappa shape index (κ2) is 7.20. The van der Waals surface area contributed by atoms with Crippen molar-refractivity contribution >= 4 is 39.3 Å². The minimum absolute atomic E-state index is 0.960. The summed E-state index contributed by atoms with van der Waals surface area (Å²) in [5.74, 6) is 0.960. The van der Waals surface area contributed by atoms with E-state index in [9.17, 15) is 0 Å². The molecule has 3 rings (SSSR count). The lowest BCUT2D eigenvalue weighted by atomic mass is 10.0. The molecule has 2 nitrogen and oxygen atoms in total. The average Bonchev–Trinajstić information content (AvgIpc) is 2.99. The fraction of sp³-hybridized carbons (Fsp3) is 0.105. The summed E-state index contributed by atoms with van der Waals surface area (Å²) < 4.78 is 3.12. The molecule has 0 N–H and O–H groups in total. The number of nitrogens with zero attached hydrogens (tertiary/aromatic N) is 2. The maximum absolute atomic E-state index is 4.53. The molecule has 23 heavy (non-hydrogen) atoms. The molecule has 0 amide bonds. The number of aromatic nitrogens is 2. The first-order chi connectivity index (χ1) is 11.2. The summed E-state index contributed by atoms with van der Waals surface area (Å²) in [6.45, 7) is 0. The van der Waals surface area contributed by atoms with Crippen LogP contribution in [0, 0.1) is 0 Å². The average molecular weight is 385 g/mol. The zero-order valence-electron chi connectivity index (χ0n) is 13.0. The Labute approximate surface area is 149 Å². The van der Waals surface area contributed by atoms with E-state index in [-0.39, 0.29) is 0 Å². The standard InChI is InChI=1S/C19H17BrN2S/c1-22-11-10-21-19(22)18(13-14-4-3-5-16(20)12-14)15-6-8-17(23-2)9-7-15/h3-13H,1-2H3. The minimum atomic E-state index is 0.960. The van der Waals surface area contributed by atoms with E-state index in [1.807, 2.05) is 36.1 Å². The number of thioether (sulfide) groups is 1. The van der Waals surface area contributed by atoms with Crippen LogP contribution in [0.5, 0.6) is 0 Å². The van der Waals surface area contributed by atoms with Crippen LogP contribution in [0.2, 0.25) is 0 Å². The number of hydrogen-bond acceptors (Lipinski definition) is 2. The highest BCUT2D eigenvalue weighted by atomic mass is 79.9. The highest BCUT2D eigenvalue weighted by Crippen LogP contribution is 2.27. The van der Waals surface area contributed by atoms with Crippen LogP contribution in [0.3, 0.4) is 0 Å². The molecule has 0 atom stereocenters. The van der Waals surface area contributed by atoms with Crippen molar-refractivity contribution in [1.82, 2.24) is 9.55 Å². The van der Waals surface area contributed by atoms with Crippen LogP contribution in [0.4, 0.5) is 0 Å². The van der Waals surface area contributed by atoms with Gasteiger partial charge in [0.15, 0.2) is 0 Å². The molecule has 0 fully saturated rings. The number of halogens is 1. The first kappa shape index (κ1) is 16.1. The predicted molar refractivity (Wildman–Crippen MR) is 103 cm³/mol. The molecule has 0 aliphatic heterocycles. The monoisotopic (exact) mass is 384 g/mol. The van der Waals surface area contributed by atoms with E-state index in [1.165, 1.54) is 4.90 Å². The smallest absolute Gasteiger partial charge is 0.140 e. The largest absolute Gasteiger partial charge is 0.334 e. The highest BCUT2D eigenvalue weighted by Gasteiger charge is 2.10. The summed E-state index contributed by atoms with van der Waals surface area (Å²) in [7, 11) is 2.02. The van der Waals surface area contributed by atoms with Crippen molar-refractivity contribution in [3.8, 4) is 0 Å². The van der Waals surface area contributed by atoms with E-state index in [0.717, 1.165) is 27.0 Å². The molecular formula is C19H17BrN2S. The van der Waals surface area contributed by atoms with Gasteiger partial charge in [-0.3, -0.25) is 0 Å². The Bertz CT molecular complexity index is 835. The van der Waals surface area contributed by atoms with Crippen molar-refractivity contribution in [3.63, 3.8) is 0 Å². The van der Waals surface area contributed by atoms with Gasteiger partial charge in [-0.05, 0) is 47.7 Å². The summed E-state index contributed by atoms with van der Waals surface area (Å²) in [5, 5.41) is 0. The van der Waals surface area contributed by atoms with Gasteiger partial charge in [0.25, 0.3) is 0 Å². The van der Waals surface area contributed by atoms with Gasteiger partial charge in [0.1, 0.15) is 5.82 Å². The van der Waals surface area contributed by atoms with Crippen molar-refractivity contribution in [2.75, 3.05) is 6.26 Å². The van der Waals surface area contributed by atoms with Crippen molar-refractivity contribution in [1.29, 1.82) is 0 Å². The fourth-order valence-electron chi connectivity index (χ4n) is 2.44. The SMILES string of the molecule is CSc1ccc(C(=Cc2cccc(Br)c2)c2nccn2C)cc1. The number of hydrogen-bond donors (Lipinski definition) is 0. The molecule has 0 saturated heterocycles. The molecule has 116 valence electrons. The van der Waals surface area contributed by atoms with Crippen molar-refractivity contribution in [3.05, 3.63) is 82.3 Å². The molecular weight excluding hydrogens is 368 g/mol. The molecule has 0 aliphatic carbocycles. The number of imidazole rings is 1. The molecule has 1 aromatic heterocycles. The van der Waals surface area contributed by atoms with Gasteiger partial charge in [0.05, 0.1) is 0 Å². The summed E-state index contributed by atoms with van der Waals surface area (Å²) >= 11 is 5.29. The molecule has 0 spiro atoms. The lowest BCUT2D eigenvalue weighted by Crippen LogP contribution is -1.98. The third kappa shape index (κ3) is 3.77. The van der Waals surface area contributed by atoms with Gasteiger partial charge in [0.2, 0.25) is 0 Å². The third-order valence-corrected chi connectivity index (χ3v) is 4.86. The molecule has 0 saturated carbocycles.